The zero-order valence-electron chi connectivity index (χ0n) is 7.53. The largest absolute Gasteiger partial charge is 0.331 e. The van der Waals surface area contributed by atoms with Crippen molar-refractivity contribution >= 4 is 6.03 Å². The number of urea groups is 1. The Hall–Kier alpha value is -0.770. The molecule has 1 aliphatic heterocycles. The molecule has 2 aliphatic rings. The highest BCUT2D eigenvalue weighted by atomic mass is 16.2. The van der Waals surface area contributed by atoms with Crippen molar-refractivity contribution in [2.24, 2.45) is 17.6 Å². The molecule has 2 fully saturated rings. The molecular formula is C8H15N3O. The molecule has 1 saturated carbocycles. The highest BCUT2D eigenvalue weighted by Gasteiger charge is 2.54. The van der Waals surface area contributed by atoms with Gasteiger partial charge in [0, 0.05) is 33.2 Å². The zero-order valence-corrected chi connectivity index (χ0v) is 7.53. The first-order chi connectivity index (χ1) is 5.61. The fraction of sp³-hybridized carbons (Fsp3) is 0.875. The molecule has 4 nitrogen and oxygen atoms in total. The van der Waals surface area contributed by atoms with E-state index in [1.165, 1.54) is 0 Å². The molecular weight excluding hydrogens is 154 g/mol. The van der Waals surface area contributed by atoms with E-state index in [4.69, 9.17) is 5.73 Å². The highest BCUT2D eigenvalue weighted by Crippen LogP contribution is 2.43. The number of likely N-dealkylation sites (tertiary alicyclic amines) is 1. The van der Waals surface area contributed by atoms with Crippen LogP contribution < -0.4 is 5.73 Å². The van der Waals surface area contributed by atoms with Crippen molar-refractivity contribution in [3.05, 3.63) is 0 Å². The maximum atomic E-state index is 11.4. The fourth-order valence-corrected chi connectivity index (χ4v) is 2.01. The van der Waals surface area contributed by atoms with Gasteiger partial charge in [0.1, 0.15) is 0 Å². The summed E-state index contributed by atoms with van der Waals surface area (Å²) in [6, 6.07) is 0.491. The van der Waals surface area contributed by atoms with E-state index >= 15 is 0 Å². The van der Waals surface area contributed by atoms with Crippen molar-refractivity contribution in [1.29, 1.82) is 0 Å². The minimum atomic E-state index is 0.120. The molecule has 1 heterocycles. The summed E-state index contributed by atoms with van der Waals surface area (Å²) in [6.45, 7) is 1.73. The summed E-state index contributed by atoms with van der Waals surface area (Å²) in [7, 11) is 3.57. The van der Waals surface area contributed by atoms with Gasteiger partial charge in [0.05, 0.1) is 0 Å². The maximum Gasteiger partial charge on any atom is 0.319 e. The fourth-order valence-electron chi connectivity index (χ4n) is 2.01. The predicted molar refractivity (Wildman–Crippen MR) is 45.6 cm³/mol. The van der Waals surface area contributed by atoms with Crippen LogP contribution in [0.15, 0.2) is 0 Å². The summed E-state index contributed by atoms with van der Waals surface area (Å²) in [5.74, 6) is 1.18. The van der Waals surface area contributed by atoms with E-state index in [-0.39, 0.29) is 6.03 Å². The van der Waals surface area contributed by atoms with Gasteiger partial charge in [-0.1, -0.05) is 0 Å². The lowest BCUT2D eigenvalue weighted by molar-refractivity contribution is 0.176. The van der Waals surface area contributed by atoms with E-state index in [9.17, 15) is 4.79 Å². The van der Waals surface area contributed by atoms with E-state index in [1.54, 1.807) is 19.0 Å². The van der Waals surface area contributed by atoms with Gasteiger partial charge in [-0.15, -0.1) is 0 Å². The first-order valence-corrected chi connectivity index (χ1v) is 4.33. The number of carbonyl (C=O) groups is 1. The lowest BCUT2D eigenvalue weighted by Crippen LogP contribution is -2.40. The van der Waals surface area contributed by atoms with Gasteiger partial charge in [-0.3, -0.25) is 0 Å². The van der Waals surface area contributed by atoms with Crippen LogP contribution in [0.2, 0.25) is 0 Å². The van der Waals surface area contributed by atoms with E-state index in [0.717, 1.165) is 13.1 Å². The Labute approximate surface area is 72.3 Å². The molecule has 0 aromatic carbocycles. The molecule has 0 spiro atoms. The number of hydrogen-bond acceptors (Lipinski definition) is 2. The van der Waals surface area contributed by atoms with Crippen LogP contribution in [0.4, 0.5) is 4.79 Å². The summed E-state index contributed by atoms with van der Waals surface area (Å²) in [4.78, 5) is 14.9. The number of piperidine rings is 1. The number of carbonyl (C=O) groups excluding carboxylic acids is 1. The Morgan fingerprint density at radius 1 is 1.42 bits per heavy atom. The average Bonchev–Trinajstić information content (AvgIpc) is 2.53. The summed E-state index contributed by atoms with van der Waals surface area (Å²) in [5.41, 5.74) is 5.76. The van der Waals surface area contributed by atoms with Crippen LogP contribution in [-0.2, 0) is 0 Å². The second-order valence-corrected chi connectivity index (χ2v) is 3.99. The lowest BCUT2D eigenvalue weighted by atomic mass is 10.4. The maximum absolute atomic E-state index is 11.4. The average molecular weight is 169 g/mol. The Kier molecular flexibility index (Phi) is 1.54. The summed E-state index contributed by atoms with van der Waals surface area (Å²) in [6.07, 6.45) is 0. The third-order valence-electron chi connectivity index (χ3n) is 2.91. The van der Waals surface area contributed by atoms with Gasteiger partial charge in [-0.05, 0) is 11.8 Å². The van der Waals surface area contributed by atoms with Crippen LogP contribution in [0.3, 0.4) is 0 Å². The van der Waals surface area contributed by atoms with Gasteiger partial charge in [-0.2, -0.15) is 0 Å². The van der Waals surface area contributed by atoms with Crippen molar-refractivity contribution in [2.45, 2.75) is 6.04 Å². The van der Waals surface area contributed by atoms with Crippen LogP contribution in [0.25, 0.3) is 0 Å². The smallest absolute Gasteiger partial charge is 0.319 e. The summed E-state index contributed by atoms with van der Waals surface area (Å²) >= 11 is 0. The number of fused-ring (bicyclic) bond motifs is 1. The van der Waals surface area contributed by atoms with Gasteiger partial charge >= 0.3 is 6.03 Å². The predicted octanol–water partition coefficient (Wildman–Crippen LogP) is -0.443. The van der Waals surface area contributed by atoms with Crippen LogP contribution in [0, 0.1) is 11.8 Å². The first kappa shape index (κ1) is 7.86. The molecule has 1 saturated heterocycles. The molecule has 0 aromatic rings. The standard InChI is InChI=1S/C8H15N3O/c1-10(2)8(12)11-3-5-6(4-11)7(5)9/h5-7H,3-4,9H2,1-2H3/t5-,6-/m1/s1. The molecule has 0 aromatic heterocycles. The van der Waals surface area contributed by atoms with Crippen molar-refractivity contribution < 1.29 is 4.79 Å². The zero-order chi connectivity index (χ0) is 8.88. The number of nitrogens with zero attached hydrogens (tertiary/aromatic N) is 2. The molecule has 0 radical (unpaired) electrons. The first-order valence-electron chi connectivity index (χ1n) is 4.33. The van der Waals surface area contributed by atoms with Gasteiger partial charge in [0.2, 0.25) is 0 Å². The van der Waals surface area contributed by atoms with E-state index in [0.29, 0.717) is 17.9 Å². The topological polar surface area (TPSA) is 49.6 Å². The Bertz CT molecular complexity index is 204. The Balaban J connectivity index is 1.90. The third-order valence-corrected chi connectivity index (χ3v) is 2.91. The SMILES string of the molecule is CN(C)C(=O)N1C[C@H]2C(N)[C@@H]2C1. The van der Waals surface area contributed by atoms with Gasteiger partial charge in [0.25, 0.3) is 0 Å². The quantitative estimate of drug-likeness (QED) is 0.534. The van der Waals surface area contributed by atoms with Gasteiger partial charge in [-0.25, -0.2) is 4.79 Å². The molecule has 2 atom stereocenters. The number of rotatable bonds is 0. The van der Waals surface area contributed by atoms with Crippen molar-refractivity contribution in [2.75, 3.05) is 27.2 Å². The van der Waals surface area contributed by atoms with Crippen molar-refractivity contribution in [3.8, 4) is 0 Å². The molecule has 68 valence electrons. The molecule has 2 rings (SSSR count). The third kappa shape index (κ3) is 0.982. The van der Waals surface area contributed by atoms with Crippen LogP contribution in [0.5, 0.6) is 0 Å². The van der Waals surface area contributed by atoms with Crippen LogP contribution in [0.1, 0.15) is 0 Å². The Morgan fingerprint density at radius 3 is 2.33 bits per heavy atom. The van der Waals surface area contributed by atoms with Crippen LogP contribution >= 0.6 is 0 Å². The molecule has 0 unspecified atom stereocenters. The molecule has 0 bridgehead atoms. The highest BCUT2D eigenvalue weighted by molar-refractivity contribution is 5.74. The van der Waals surface area contributed by atoms with Gasteiger partial charge < -0.3 is 15.5 Å². The summed E-state index contributed by atoms with van der Waals surface area (Å²) in [5, 5.41) is 0. The molecule has 4 heteroatoms. The van der Waals surface area contributed by atoms with E-state index in [1.807, 2.05) is 4.90 Å². The number of hydrogen-bond donors (Lipinski definition) is 1. The lowest BCUT2D eigenvalue weighted by Gasteiger charge is -2.23. The Morgan fingerprint density at radius 2 is 1.92 bits per heavy atom. The minimum absolute atomic E-state index is 0.120. The number of nitrogens with two attached hydrogens (primary N) is 1. The molecule has 2 N–H and O–H groups in total. The normalized spacial score (nSPS) is 37.9. The second-order valence-electron chi connectivity index (χ2n) is 3.99. The summed E-state index contributed by atoms with van der Waals surface area (Å²) < 4.78 is 0. The monoisotopic (exact) mass is 169 g/mol. The van der Waals surface area contributed by atoms with Crippen molar-refractivity contribution in [3.63, 3.8) is 0 Å². The molecule has 2 amide bonds. The van der Waals surface area contributed by atoms with E-state index in [2.05, 4.69) is 0 Å². The molecule has 1 aliphatic carbocycles. The van der Waals surface area contributed by atoms with Crippen LogP contribution in [-0.4, -0.2) is 49.1 Å². The van der Waals surface area contributed by atoms with Gasteiger partial charge in [0.15, 0.2) is 0 Å². The molecule has 12 heavy (non-hydrogen) atoms. The van der Waals surface area contributed by atoms with E-state index < -0.39 is 0 Å². The van der Waals surface area contributed by atoms with Crippen molar-refractivity contribution in [1.82, 2.24) is 9.80 Å². The minimum Gasteiger partial charge on any atom is -0.331 e. The number of amides is 2. The second kappa shape index (κ2) is 2.36.